The van der Waals surface area contributed by atoms with E-state index in [1.54, 1.807) is 0 Å². The lowest BCUT2D eigenvalue weighted by atomic mass is 9.77. The number of hydrogen-bond donors (Lipinski definition) is 0. The monoisotopic (exact) mass is 672 g/mol. The van der Waals surface area contributed by atoms with Crippen LogP contribution >= 0.6 is 0 Å². The normalized spacial score (nSPS) is 26.8. The van der Waals surface area contributed by atoms with Crippen LogP contribution in [0.1, 0.15) is 75.5 Å². The zero-order chi connectivity index (χ0) is 34.1. The molecule has 0 aromatic heterocycles. The second-order valence-corrected chi connectivity index (χ2v) is 14.0. The molecule has 6 rings (SSSR count). The molecular weight excluding hydrogens is 624 g/mol. The molecule has 3 aliphatic rings. The number of rotatable bonds is 12. The first-order chi connectivity index (χ1) is 23.7. The second kappa shape index (κ2) is 16.3. The van der Waals surface area contributed by atoms with Gasteiger partial charge in [0.1, 0.15) is 24.6 Å². The highest BCUT2D eigenvalue weighted by molar-refractivity contribution is 5.73. The van der Waals surface area contributed by atoms with Gasteiger partial charge >= 0.3 is 11.9 Å². The Morgan fingerprint density at radius 3 is 2.24 bits per heavy atom. The minimum absolute atomic E-state index is 0.0670. The molecule has 0 saturated carbocycles. The molecule has 0 unspecified atom stereocenters. The maximum atomic E-state index is 13.3. The molecule has 3 aliphatic heterocycles. The van der Waals surface area contributed by atoms with E-state index in [1.807, 2.05) is 74.5 Å². The fourth-order valence-electron chi connectivity index (χ4n) is 6.78. The number of hydrogen-bond acceptors (Lipinski definition) is 9. The van der Waals surface area contributed by atoms with Gasteiger partial charge in [-0.3, -0.25) is 9.59 Å². The highest BCUT2D eigenvalue weighted by Crippen LogP contribution is 2.49. The summed E-state index contributed by atoms with van der Waals surface area (Å²) in [6, 6.07) is 28.1. The number of cyclic esters (lactones) is 1. The molecule has 0 radical (unpaired) electrons. The Morgan fingerprint density at radius 1 is 0.755 bits per heavy atom. The fraction of sp³-hybridized carbons (Fsp3) is 0.500. The van der Waals surface area contributed by atoms with E-state index in [1.165, 1.54) is 5.56 Å². The minimum Gasteiger partial charge on any atom is -0.489 e. The van der Waals surface area contributed by atoms with E-state index in [4.69, 9.17) is 33.2 Å². The predicted octanol–water partition coefficient (Wildman–Crippen LogP) is 7.09. The van der Waals surface area contributed by atoms with E-state index in [2.05, 4.69) is 24.3 Å². The van der Waals surface area contributed by atoms with Crippen molar-refractivity contribution in [3.63, 3.8) is 0 Å². The lowest BCUT2D eigenvalue weighted by Gasteiger charge is -2.55. The van der Waals surface area contributed by atoms with Gasteiger partial charge in [-0.1, -0.05) is 93.1 Å². The Labute approximate surface area is 289 Å². The van der Waals surface area contributed by atoms with Crippen molar-refractivity contribution in [1.29, 1.82) is 0 Å². The van der Waals surface area contributed by atoms with Crippen molar-refractivity contribution in [3.05, 3.63) is 102 Å². The van der Waals surface area contributed by atoms with Gasteiger partial charge in [0.25, 0.3) is 0 Å². The molecule has 262 valence electrons. The quantitative estimate of drug-likeness (QED) is 0.148. The Balaban J connectivity index is 1.06. The molecule has 3 heterocycles. The predicted molar refractivity (Wildman–Crippen MR) is 181 cm³/mol. The third-order valence-electron chi connectivity index (χ3n) is 9.49. The van der Waals surface area contributed by atoms with Gasteiger partial charge in [0.2, 0.25) is 0 Å². The first-order valence-corrected chi connectivity index (χ1v) is 17.5. The molecule has 0 amide bonds. The number of benzene rings is 3. The molecule has 3 bridgehead atoms. The first kappa shape index (κ1) is 35.1. The Kier molecular flexibility index (Phi) is 11.7. The van der Waals surface area contributed by atoms with Crippen LogP contribution in [0, 0.1) is 5.41 Å². The number of ether oxygens (including phenoxy) is 7. The van der Waals surface area contributed by atoms with Crippen LogP contribution in [0.2, 0.25) is 0 Å². The number of fused-ring (bicyclic) bond motifs is 2. The van der Waals surface area contributed by atoms with Gasteiger partial charge < -0.3 is 33.2 Å². The summed E-state index contributed by atoms with van der Waals surface area (Å²) in [6.45, 7) is 5.32. The van der Waals surface area contributed by atoms with Gasteiger partial charge in [-0.15, -0.1) is 0 Å². The minimum atomic E-state index is -1.08. The molecule has 0 N–H and O–H groups in total. The molecule has 3 saturated heterocycles. The van der Waals surface area contributed by atoms with Crippen LogP contribution in [0.5, 0.6) is 5.75 Å². The van der Waals surface area contributed by atoms with Crippen LogP contribution in [0.3, 0.4) is 0 Å². The number of esters is 2. The third-order valence-corrected chi connectivity index (χ3v) is 9.49. The smallest absolute Gasteiger partial charge is 0.311 e. The molecule has 1 spiro atoms. The zero-order valence-electron chi connectivity index (χ0n) is 28.6. The van der Waals surface area contributed by atoms with Crippen molar-refractivity contribution in [2.24, 2.45) is 5.41 Å². The van der Waals surface area contributed by atoms with E-state index in [-0.39, 0.29) is 25.6 Å². The van der Waals surface area contributed by atoms with Crippen molar-refractivity contribution >= 4 is 11.9 Å². The van der Waals surface area contributed by atoms with Gasteiger partial charge in [0.15, 0.2) is 12.1 Å². The number of unbranched alkanes of at least 4 members (excludes halogenated alkanes) is 1. The van der Waals surface area contributed by atoms with Crippen LogP contribution in [-0.2, 0) is 57.6 Å². The van der Waals surface area contributed by atoms with Crippen LogP contribution < -0.4 is 4.74 Å². The van der Waals surface area contributed by atoms with Crippen LogP contribution in [0.15, 0.2) is 84.9 Å². The Morgan fingerprint density at radius 2 is 1.47 bits per heavy atom. The van der Waals surface area contributed by atoms with Crippen molar-refractivity contribution < 1.29 is 42.7 Å². The molecule has 49 heavy (non-hydrogen) atoms. The maximum absolute atomic E-state index is 13.3. The molecule has 5 atom stereocenters. The van der Waals surface area contributed by atoms with Crippen molar-refractivity contribution in [1.82, 2.24) is 0 Å². The fourth-order valence-corrected chi connectivity index (χ4v) is 6.78. The third kappa shape index (κ3) is 9.69. The average Bonchev–Trinajstić information content (AvgIpc) is 3.08. The van der Waals surface area contributed by atoms with E-state index in [9.17, 15) is 9.59 Å². The summed E-state index contributed by atoms with van der Waals surface area (Å²) >= 11 is 0. The van der Waals surface area contributed by atoms with E-state index in [0.717, 1.165) is 42.6 Å². The summed E-state index contributed by atoms with van der Waals surface area (Å²) in [5, 5.41) is 0. The van der Waals surface area contributed by atoms with Gasteiger partial charge in [-0.25, -0.2) is 0 Å². The molecule has 3 aromatic rings. The summed E-state index contributed by atoms with van der Waals surface area (Å²) in [6.07, 6.45) is 2.06. The first-order valence-electron chi connectivity index (χ1n) is 17.5. The topological polar surface area (TPSA) is 98.8 Å². The summed E-state index contributed by atoms with van der Waals surface area (Å²) in [5.41, 5.74) is 2.80. The molecular formula is C40H48O9. The highest BCUT2D eigenvalue weighted by atomic mass is 16.8. The lowest BCUT2D eigenvalue weighted by Crippen LogP contribution is -2.63. The number of carbonyl (C=O) groups excluding carboxylic acids is 2. The van der Waals surface area contributed by atoms with E-state index >= 15 is 0 Å². The highest BCUT2D eigenvalue weighted by Gasteiger charge is 2.58. The standard InChI is InChI=1S/C40H48O9/c1-39(2)28-45-38-23-37(42)47-35(27-43-25-30-13-5-3-6-14-30)22-36(41)46-34-21-33(48-40(39,24-34)49-38)18-10-9-12-29-17-11-19-32(20-29)44-26-31-15-7-4-8-16-31/h3-8,11,13-17,19-20,33-35,38H,9-10,12,18,21-28H2,1-2H3/t33-,34-,35-,38-,40+/m1/s1. The second-order valence-electron chi connectivity index (χ2n) is 14.0. The molecule has 3 fully saturated rings. The molecule has 9 nitrogen and oxygen atoms in total. The van der Waals surface area contributed by atoms with Crippen LogP contribution in [0.25, 0.3) is 0 Å². The maximum Gasteiger partial charge on any atom is 0.311 e. The molecule has 3 aromatic carbocycles. The van der Waals surface area contributed by atoms with E-state index < -0.39 is 41.6 Å². The molecule has 0 aliphatic carbocycles. The Bertz CT molecular complexity index is 1510. The van der Waals surface area contributed by atoms with Gasteiger partial charge in [0, 0.05) is 18.3 Å². The summed E-state index contributed by atoms with van der Waals surface area (Å²) in [5.74, 6) is -1.18. The van der Waals surface area contributed by atoms with Gasteiger partial charge in [-0.2, -0.15) is 0 Å². The van der Waals surface area contributed by atoms with Gasteiger partial charge in [-0.05, 0) is 48.1 Å². The van der Waals surface area contributed by atoms with Crippen molar-refractivity contribution in [2.75, 3.05) is 13.2 Å². The van der Waals surface area contributed by atoms with Crippen LogP contribution in [0.4, 0.5) is 0 Å². The van der Waals surface area contributed by atoms with Crippen LogP contribution in [-0.4, -0.2) is 55.5 Å². The largest absolute Gasteiger partial charge is 0.489 e. The summed E-state index contributed by atoms with van der Waals surface area (Å²) in [7, 11) is 0. The average molecular weight is 673 g/mol. The SMILES string of the molecule is CC1(C)CO[C@H]2CC(=O)O[C@@H](COCc3ccccc3)CC(=O)O[C@@H]3C[C@@H](CCCCc4cccc(OCc5ccccc5)c4)O[C@@]1(C3)O2. The van der Waals surface area contributed by atoms with Gasteiger partial charge in [0.05, 0.1) is 38.8 Å². The number of aryl methyl sites for hydroxylation is 1. The summed E-state index contributed by atoms with van der Waals surface area (Å²) in [4.78, 5) is 26.3. The lowest BCUT2D eigenvalue weighted by molar-refractivity contribution is -0.422. The van der Waals surface area contributed by atoms with Crippen molar-refractivity contribution in [3.8, 4) is 5.75 Å². The molecule has 9 heteroatoms. The Hall–Kier alpha value is -3.76. The summed E-state index contributed by atoms with van der Waals surface area (Å²) < 4.78 is 42.9. The van der Waals surface area contributed by atoms with Crippen molar-refractivity contribution in [2.45, 2.75) is 109 Å². The zero-order valence-corrected chi connectivity index (χ0v) is 28.6. The van der Waals surface area contributed by atoms with E-state index in [0.29, 0.717) is 32.7 Å². The number of carbonyl (C=O) groups is 2.